The van der Waals surface area contributed by atoms with Crippen LogP contribution in [0.1, 0.15) is 24.3 Å². The van der Waals surface area contributed by atoms with Crippen molar-refractivity contribution in [1.29, 1.82) is 0 Å². The molecule has 2 amide bonds. The van der Waals surface area contributed by atoms with Crippen LogP contribution in [-0.2, 0) is 6.54 Å². The number of aryl methyl sites for hydroxylation is 1. The van der Waals surface area contributed by atoms with Crippen molar-refractivity contribution < 1.29 is 9.53 Å². The predicted octanol–water partition coefficient (Wildman–Crippen LogP) is 2.14. The molecule has 1 saturated carbocycles. The van der Waals surface area contributed by atoms with E-state index in [9.17, 15) is 4.79 Å². The second-order valence-corrected chi connectivity index (χ2v) is 5.71. The van der Waals surface area contributed by atoms with E-state index in [2.05, 4.69) is 21.8 Å². The van der Waals surface area contributed by atoms with Gasteiger partial charge in [-0.2, -0.15) is 5.10 Å². The van der Waals surface area contributed by atoms with Gasteiger partial charge in [-0.25, -0.2) is 4.79 Å². The fourth-order valence-electron chi connectivity index (χ4n) is 2.77. The van der Waals surface area contributed by atoms with Gasteiger partial charge in [0.15, 0.2) is 0 Å². The van der Waals surface area contributed by atoms with Gasteiger partial charge in [0.1, 0.15) is 5.75 Å². The summed E-state index contributed by atoms with van der Waals surface area (Å²) in [6, 6.07) is 9.96. The van der Waals surface area contributed by atoms with Crippen LogP contribution in [0.5, 0.6) is 5.75 Å². The van der Waals surface area contributed by atoms with Crippen LogP contribution in [0.2, 0.25) is 0 Å². The summed E-state index contributed by atoms with van der Waals surface area (Å²) in [5, 5.41) is 10.0. The Bertz CT molecular complexity index is 642. The van der Waals surface area contributed by atoms with E-state index in [0.29, 0.717) is 12.5 Å². The number of nitrogens with one attached hydrogen (secondary N) is 2. The number of hydrogen-bond donors (Lipinski definition) is 2. The number of carbonyl (C=O) groups excluding carboxylic acids is 1. The van der Waals surface area contributed by atoms with E-state index in [1.54, 1.807) is 13.3 Å². The van der Waals surface area contributed by atoms with Crippen molar-refractivity contribution in [1.82, 2.24) is 20.4 Å². The summed E-state index contributed by atoms with van der Waals surface area (Å²) in [4.78, 5) is 11.9. The summed E-state index contributed by atoms with van der Waals surface area (Å²) < 4.78 is 7.24. The maximum absolute atomic E-state index is 11.9. The smallest absolute Gasteiger partial charge is 0.315 e. The molecule has 6 heteroatoms. The van der Waals surface area contributed by atoms with Gasteiger partial charge in [0.2, 0.25) is 0 Å². The molecule has 122 valence electrons. The van der Waals surface area contributed by atoms with Gasteiger partial charge in [0, 0.05) is 37.4 Å². The van der Waals surface area contributed by atoms with Crippen LogP contribution in [0.4, 0.5) is 4.79 Å². The van der Waals surface area contributed by atoms with E-state index in [4.69, 9.17) is 4.74 Å². The molecule has 23 heavy (non-hydrogen) atoms. The second kappa shape index (κ2) is 7.17. The van der Waals surface area contributed by atoms with Gasteiger partial charge in [-0.3, -0.25) is 4.68 Å². The van der Waals surface area contributed by atoms with Crippen molar-refractivity contribution in [3.63, 3.8) is 0 Å². The summed E-state index contributed by atoms with van der Waals surface area (Å²) in [5.41, 5.74) is 1.17. The molecule has 1 heterocycles. The molecule has 0 saturated heterocycles. The summed E-state index contributed by atoms with van der Waals surface area (Å²) >= 11 is 0. The number of nitrogens with zero attached hydrogens (tertiary/aromatic N) is 2. The maximum Gasteiger partial charge on any atom is 0.315 e. The molecular weight excluding hydrogens is 292 g/mol. The van der Waals surface area contributed by atoms with Crippen LogP contribution in [0.25, 0.3) is 0 Å². The highest BCUT2D eigenvalue weighted by Gasteiger charge is 2.41. The van der Waals surface area contributed by atoms with Crippen molar-refractivity contribution in [3.8, 4) is 5.75 Å². The van der Waals surface area contributed by atoms with Gasteiger partial charge < -0.3 is 15.4 Å². The largest absolute Gasteiger partial charge is 0.496 e. The van der Waals surface area contributed by atoms with Crippen LogP contribution >= 0.6 is 0 Å². The molecule has 0 spiro atoms. The lowest BCUT2D eigenvalue weighted by Gasteiger charge is -2.09. The van der Waals surface area contributed by atoms with Gasteiger partial charge in [-0.15, -0.1) is 0 Å². The number of methoxy groups -OCH3 is 1. The lowest BCUT2D eigenvalue weighted by atomic mass is 10.1. The van der Waals surface area contributed by atoms with E-state index in [0.717, 1.165) is 25.1 Å². The Morgan fingerprint density at radius 3 is 3.04 bits per heavy atom. The fraction of sp³-hybridized carbons (Fsp3) is 0.412. The van der Waals surface area contributed by atoms with Crippen LogP contribution < -0.4 is 15.4 Å². The molecule has 6 nitrogen and oxygen atoms in total. The maximum atomic E-state index is 11.9. The summed E-state index contributed by atoms with van der Waals surface area (Å²) in [5.74, 6) is 1.24. The number of aromatic nitrogens is 2. The molecule has 3 rings (SSSR count). The van der Waals surface area contributed by atoms with Crippen molar-refractivity contribution in [2.24, 2.45) is 0 Å². The number of carbonyl (C=O) groups is 1. The van der Waals surface area contributed by atoms with Crippen molar-refractivity contribution >= 4 is 6.03 Å². The Balaban J connectivity index is 1.38. The van der Waals surface area contributed by atoms with Crippen molar-refractivity contribution in [2.45, 2.75) is 31.3 Å². The Kier molecular flexibility index (Phi) is 4.80. The predicted molar refractivity (Wildman–Crippen MR) is 87.5 cm³/mol. The van der Waals surface area contributed by atoms with E-state index < -0.39 is 0 Å². The average molecular weight is 314 g/mol. The number of rotatable bonds is 7. The number of urea groups is 1. The van der Waals surface area contributed by atoms with Gasteiger partial charge in [0.25, 0.3) is 0 Å². The molecule has 0 bridgehead atoms. The van der Waals surface area contributed by atoms with Gasteiger partial charge in [0.05, 0.1) is 7.11 Å². The van der Waals surface area contributed by atoms with Gasteiger partial charge >= 0.3 is 6.03 Å². The standard InChI is InChI=1S/C17H22N4O2/c1-23-16-7-3-2-6-13(16)14-12-15(14)20-17(22)18-8-4-10-21-11-5-9-19-21/h2-3,5-7,9,11,14-15H,4,8,10,12H2,1H3,(H2,18,20,22)/t14-,15+/m1/s1. The van der Waals surface area contributed by atoms with E-state index in [1.807, 2.05) is 35.1 Å². The first-order chi connectivity index (χ1) is 11.3. The number of benzene rings is 1. The Morgan fingerprint density at radius 1 is 1.39 bits per heavy atom. The second-order valence-electron chi connectivity index (χ2n) is 5.71. The number of para-hydroxylation sites is 1. The van der Waals surface area contributed by atoms with Crippen LogP contribution in [-0.4, -0.2) is 35.5 Å². The van der Waals surface area contributed by atoms with E-state index in [1.165, 1.54) is 5.56 Å². The minimum absolute atomic E-state index is 0.104. The number of ether oxygens (including phenoxy) is 1. The molecule has 2 aromatic rings. The minimum atomic E-state index is -0.104. The van der Waals surface area contributed by atoms with Crippen molar-refractivity contribution in [2.75, 3.05) is 13.7 Å². The third-order valence-corrected chi connectivity index (χ3v) is 4.05. The lowest BCUT2D eigenvalue weighted by molar-refractivity contribution is 0.240. The molecule has 0 radical (unpaired) electrons. The highest BCUT2D eigenvalue weighted by molar-refractivity contribution is 5.75. The molecule has 1 aliphatic rings. The zero-order valence-corrected chi connectivity index (χ0v) is 13.2. The highest BCUT2D eigenvalue weighted by Crippen LogP contribution is 2.44. The van der Waals surface area contributed by atoms with E-state index in [-0.39, 0.29) is 12.1 Å². The quantitative estimate of drug-likeness (QED) is 0.769. The molecule has 2 atom stereocenters. The van der Waals surface area contributed by atoms with E-state index >= 15 is 0 Å². The van der Waals surface area contributed by atoms with Crippen LogP contribution in [0.3, 0.4) is 0 Å². The summed E-state index contributed by atoms with van der Waals surface area (Å²) in [6.07, 6.45) is 5.49. The minimum Gasteiger partial charge on any atom is -0.496 e. The van der Waals surface area contributed by atoms with Crippen molar-refractivity contribution in [3.05, 3.63) is 48.3 Å². The summed E-state index contributed by atoms with van der Waals surface area (Å²) in [7, 11) is 1.68. The number of amides is 2. The molecular formula is C17H22N4O2. The average Bonchev–Trinajstić information content (AvgIpc) is 3.12. The first-order valence-electron chi connectivity index (χ1n) is 7.92. The zero-order valence-electron chi connectivity index (χ0n) is 13.2. The van der Waals surface area contributed by atoms with Crippen LogP contribution in [0, 0.1) is 0 Å². The molecule has 1 aliphatic carbocycles. The summed E-state index contributed by atoms with van der Waals surface area (Å²) in [6.45, 7) is 1.44. The van der Waals surface area contributed by atoms with Gasteiger partial charge in [-0.05, 0) is 30.5 Å². The first kappa shape index (κ1) is 15.4. The number of hydrogen-bond acceptors (Lipinski definition) is 3. The fourth-order valence-corrected chi connectivity index (χ4v) is 2.77. The molecule has 0 aliphatic heterocycles. The lowest BCUT2D eigenvalue weighted by Crippen LogP contribution is -2.38. The topological polar surface area (TPSA) is 68.2 Å². The molecule has 1 fully saturated rings. The molecule has 1 aromatic carbocycles. The Labute approximate surface area is 135 Å². The first-order valence-corrected chi connectivity index (χ1v) is 7.92. The Hall–Kier alpha value is -2.50. The molecule has 1 aromatic heterocycles. The third kappa shape index (κ3) is 4.03. The van der Waals surface area contributed by atoms with Crippen LogP contribution in [0.15, 0.2) is 42.7 Å². The zero-order chi connectivity index (χ0) is 16.1. The highest BCUT2D eigenvalue weighted by atomic mass is 16.5. The molecule has 0 unspecified atom stereocenters. The molecule has 2 N–H and O–H groups in total. The SMILES string of the molecule is COc1ccccc1[C@H]1C[C@@H]1NC(=O)NCCCn1cccn1. The van der Waals surface area contributed by atoms with Gasteiger partial charge in [-0.1, -0.05) is 18.2 Å². The Morgan fingerprint density at radius 2 is 2.26 bits per heavy atom. The monoisotopic (exact) mass is 314 g/mol. The normalized spacial score (nSPS) is 19.2. The third-order valence-electron chi connectivity index (χ3n) is 4.05.